The zero-order valence-electron chi connectivity index (χ0n) is 17.2. The molecule has 1 saturated carbocycles. The number of piperidine rings is 1. The summed E-state index contributed by atoms with van der Waals surface area (Å²) < 4.78 is 13.3. The van der Waals surface area contributed by atoms with Crippen LogP contribution in [0.5, 0.6) is 0 Å². The molecule has 1 saturated heterocycles. The van der Waals surface area contributed by atoms with Crippen molar-refractivity contribution >= 4 is 23.5 Å². The van der Waals surface area contributed by atoms with Gasteiger partial charge in [0.2, 0.25) is 5.91 Å². The van der Waals surface area contributed by atoms with Crippen LogP contribution in [0.3, 0.4) is 0 Å². The minimum absolute atomic E-state index is 0.0975. The third-order valence-electron chi connectivity index (χ3n) is 6.04. The Morgan fingerprint density at radius 2 is 1.77 bits per heavy atom. The summed E-state index contributed by atoms with van der Waals surface area (Å²) in [6.07, 6.45) is 9.00. The van der Waals surface area contributed by atoms with Gasteiger partial charge in [-0.05, 0) is 56.0 Å². The number of carbonyl (C=O) groups is 1. The molecule has 0 radical (unpaired) electrons. The first-order valence-electron chi connectivity index (χ1n) is 11.0. The predicted octanol–water partition coefficient (Wildman–Crippen LogP) is 4.82. The number of rotatable bonds is 5. The van der Waals surface area contributed by atoms with Gasteiger partial charge in [-0.1, -0.05) is 43.5 Å². The highest BCUT2D eigenvalue weighted by atomic mass is 32.2. The number of amides is 1. The zero-order chi connectivity index (χ0) is 20.8. The van der Waals surface area contributed by atoms with Crippen LogP contribution in [0.1, 0.15) is 51.4 Å². The predicted molar refractivity (Wildman–Crippen MR) is 117 cm³/mol. The molecule has 0 bridgehead atoms. The molecule has 160 valence electrons. The lowest BCUT2D eigenvalue weighted by Crippen LogP contribution is -2.44. The number of nitrogens with one attached hydrogen (secondary N) is 1. The Morgan fingerprint density at radius 1 is 1.00 bits per heavy atom. The number of hydrogen-bond donors (Lipinski definition) is 1. The summed E-state index contributed by atoms with van der Waals surface area (Å²) in [5, 5.41) is 12.7. The fraction of sp³-hybridized carbons (Fsp3) is 0.522. The first kappa shape index (κ1) is 21.1. The summed E-state index contributed by atoms with van der Waals surface area (Å²) in [6, 6.07) is 10.7. The van der Waals surface area contributed by atoms with Crippen LogP contribution in [0.4, 0.5) is 10.2 Å². The Kier molecular flexibility index (Phi) is 7.20. The van der Waals surface area contributed by atoms with E-state index in [0.717, 1.165) is 54.5 Å². The number of anilines is 1. The average Bonchev–Trinajstić information content (AvgIpc) is 3.03. The molecule has 2 aliphatic rings. The first-order chi connectivity index (χ1) is 14.7. The van der Waals surface area contributed by atoms with Crippen LogP contribution in [0.15, 0.2) is 46.3 Å². The fourth-order valence-corrected chi connectivity index (χ4v) is 5.08. The minimum atomic E-state index is -0.254. The van der Waals surface area contributed by atoms with Crippen molar-refractivity contribution in [2.75, 3.05) is 18.0 Å². The molecule has 1 aliphatic carbocycles. The van der Waals surface area contributed by atoms with Gasteiger partial charge in [-0.2, -0.15) is 0 Å². The van der Waals surface area contributed by atoms with Gasteiger partial charge >= 0.3 is 0 Å². The Bertz CT molecular complexity index is 831. The lowest BCUT2D eigenvalue weighted by Gasteiger charge is -2.32. The van der Waals surface area contributed by atoms with E-state index >= 15 is 0 Å². The summed E-state index contributed by atoms with van der Waals surface area (Å²) in [5.41, 5.74) is 0. The van der Waals surface area contributed by atoms with Crippen molar-refractivity contribution in [2.24, 2.45) is 5.92 Å². The highest BCUT2D eigenvalue weighted by Gasteiger charge is 2.27. The quantitative estimate of drug-likeness (QED) is 0.692. The third kappa shape index (κ3) is 5.72. The van der Waals surface area contributed by atoms with Crippen molar-refractivity contribution in [2.45, 2.75) is 67.3 Å². The van der Waals surface area contributed by atoms with E-state index in [1.54, 1.807) is 6.07 Å². The average molecular weight is 429 g/mol. The van der Waals surface area contributed by atoms with Gasteiger partial charge in [0.25, 0.3) is 0 Å². The van der Waals surface area contributed by atoms with Crippen molar-refractivity contribution in [1.82, 2.24) is 15.5 Å². The SMILES string of the molecule is O=C(NC1CCCCCC1)C1CCN(c2ccc(Sc3cccc(F)c3)nn2)CC1. The van der Waals surface area contributed by atoms with Crippen molar-refractivity contribution in [3.63, 3.8) is 0 Å². The number of benzene rings is 1. The lowest BCUT2D eigenvalue weighted by atomic mass is 9.95. The van der Waals surface area contributed by atoms with E-state index in [1.807, 2.05) is 18.2 Å². The van der Waals surface area contributed by atoms with Gasteiger partial charge in [0.05, 0.1) is 0 Å². The Labute approximate surface area is 181 Å². The Balaban J connectivity index is 1.27. The van der Waals surface area contributed by atoms with Crippen molar-refractivity contribution in [3.05, 3.63) is 42.2 Å². The molecule has 2 heterocycles. The number of carbonyl (C=O) groups excluding carboxylic acids is 1. The fourth-order valence-electron chi connectivity index (χ4n) is 4.30. The molecule has 1 amide bonds. The molecule has 7 heteroatoms. The van der Waals surface area contributed by atoms with Gasteiger partial charge in [0.1, 0.15) is 10.8 Å². The summed E-state index contributed by atoms with van der Waals surface area (Å²) in [7, 11) is 0. The molecule has 1 aliphatic heterocycles. The highest BCUT2D eigenvalue weighted by molar-refractivity contribution is 7.99. The molecule has 0 unspecified atom stereocenters. The van der Waals surface area contributed by atoms with Gasteiger partial charge in [-0.3, -0.25) is 4.79 Å². The number of nitrogens with zero attached hydrogens (tertiary/aromatic N) is 3. The molecular weight excluding hydrogens is 399 g/mol. The molecular formula is C23H29FN4OS. The first-order valence-corrected chi connectivity index (χ1v) is 11.8. The maximum Gasteiger partial charge on any atom is 0.223 e. The molecule has 30 heavy (non-hydrogen) atoms. The third-order valence-corrected chi connectivity index (χ3v) is 6.95. The van der Waals surface area contributed by atoms with Gasteiger partial charge in [0, 0.05) is 29.9 Å². The second kappa shape index (κ2) is 10.2. The molecule has 1 aromatic heterocycles. The maximum absolute atomic E-state index is 13.3. The topological polar surface area (TPSA) is 58.1 Å². The molecule has 1 N–H and O–H groups in total. The van der Waals surface area contributed by atoms with Crippen molar-refractivity contribution in [1.29, 1.82) is 0 Å². The van der Waals surface area contributed by atoms with Crippen LogP contribution in [0, 0.1) is 11.7 Å². The minimum Gasteiger partial charge on any atom is -0.355 e. The van der Waals surface area contributed by atoms with E-state index in [9.17, 15) is 9.18 Å². The summed E-state index contributed by atoms with van der Waals surface area (Å²) in [4.78, 5) is 15.7. The van der Waals surface area contributed by atoms with Crippen LogP contribution >= 0.6 is 11.8 Å². The van der Waals surface area contributed by atoms with Gasteiger partial charge < -0.3 is 10.2 Å². The number of hydrogen-bond acceptors (Lipinski definition) is 5. The molecule has 5 nitrogen and oxygen atoms in total. The highest BCUT2D eigenvalue weighted by Crippen LogP contribution is 2.28. The van der Waals surface area contributed by atoms with E-state index < -0.39 is 0 Å². The summed E-state index contributed by atoms with van der Waals surface area (Å²) >= 11 is 1.39. The summed E-state index contributed by atoms with van der Waals surface area (Å²) in [6.45, 7) is 1.63. The Hall–Kier alpha value is -2.15. The summed E-state index contributed by atoms with van der Waals surface area (Å²) in [5.74, 6) is 0.909. The van der Waals surface area contributed by atoms with Crippen LogP contribution in [-0.2, 0) is 4.79 Å². The van der Waals surface area contributed by atoms with E-state index in [-0.39, 0.29) is 17.6 Å². The monoisotopic (exact) mass is 428 g/mol. The van der Waals surface area contributed by atoms with Crippen molar-refractivity contribution in [3.8, 4) is 0 Å². The van der Waals surface area contributed by atoms with E-state index in [2.05, 4.69) is 20.4 Å². The number of halogens is 1. The standard InChI is InChI=1S/C23H29FN4OS/c24-18-6-5-9-20(16-18)30-22-11-10-21(26-27-22)28-14-12-17(13-15-28)23(29)25-19-7-3-1-2-4-8-19/h5-6,9-11,16-17,19H,1-4,7-8,12-15H2,(H,25,29). The van der Waals surface area contributed by atoms with Gasteiger partial charge in [0.15, 0.2) is 5.82 Å². The second-order valence-electron chi connectivity index (χ2n) is 8.25. The van der Waals surface area contributed by atoms with E-state index in [0.29, 0.717) is 6.04 Å². The molecule has 0 spiro atoms. The van der Waals surface area contributed by atoms with E-state index in [4.69, 9.17) is 0 Å². The zero-order valence-corrected chi connectivity index (χ0v) is 18.0. The van der Waals surface area contributed by atoms with Crippen LogP contribution in [0.2, 0.25) is 0 Å². The van der Waals surface area contributed by atoms with E-state index in [1.165, 1.54) is 49.6 Å². The van der Waals surface area contributed by atoms with Gasteiger partial charge in [-0.15, -0.1) is 10.2 Å². The normalized spacial score (nSPS) is 18.8. The molecule has 2 aromatic rings. The largest absolute Gasteiger partial charge is 0.355 e. The smallest absolute Gasteiger partial charge is 0.223 e. The molecule has 2 fully saturated rings. The maximum atomic E-state index is 13.3. The molecule has 1 aromatic carbocycles. The van der Waals surface area contributed by atoms with Gasteiger partial charge in [-0.25, -0.2) is 4.39 Å². The second-order valence-corrected chi connectivity index (χ2v) is 9.34. The Morgan fingerprint density at radius 3 is 2.43 bits per heavy atom. The van der Waals surface area contributed by atoms with Crippen LogP contribution in [-0.4, -0.2) is 35.2 Å². The van der Waals surface area contributed by atoms with Crippen molar-refractivity contribution < 1.29 is 9.18 Å². The van der Waals surface area contributed by atoms with Crippen LogP contribution in [0.25, 0.3) is 0 Å². The lowest BCUT2D eigenvalue weighted by molar-refractivity contribution is -0.126. The molecule has 0 atom stereocenters. The molecule has 4 rings (SSSR count). The van der Waals surface area contributed by atoms with Crippen LogP contribution < -0.4 is 10.2 Å². The number of aromatic nitrogens is 2.